The molecule has 5 aliphatic rings. The number of amides is 3. The van der Waals surface area contributed by atoms with E-state index in [-0.39, 0.29) is 29.6 Å². The molecular weight excluding hydrogens is 532 g/mol. The van der Waals surface area contributed by atoms with Crippen molar-refractivity contribution in [2.75, 3.05) is 10.2 Å². The van der Waals surface area contributed by atoms with E-state index in [1.807, 2.05) is 31.2 Å². The lowest BCUT2D eigenvalue weighted by molar-refractivity contribution is -0.131. The summed E-state index contributed by atoms with van der Waals surface area (Å²) in [6.45, 7) is 3.57. The molecule has 2 bridgehead atoms. The van der Waals surface area contributed by atoms with Crippen molar-refractivity contribution in [3.8, 4) is 0 Å². The summed E-state index contributed by atoms with van der Waals surface area (Å²) in [5, 5.41) is 9.99. The number of nitrogens with zero attached hydrogens (tertiary/aromatic N) is 2. The van der Waals surface area contributed by atoms with Crippen molar-refractivity contribution in [2.45, 2.75) is 107 Å². The molecule has 1 spiro atoms. The van der Waals surface area contributed by atoms with Crippen molar-refractivity contribution >= 4 is 29.2 Å². The molecule has 7 rings (SSSR count). The number of benzene rings is 1. The van der Waals surface area contributed by atoms with E-state index < -0.39 is 29.1 Å². The molecule has 42 heavy (non-hydrogen) atoms. The lowest BCUT2D eigenvalue weighted by Crippen LogP contribution is -2.56. The Hall–Kier alpha value is -3.46. The van der Waals surface area contributed by atoms with Gasteiger partial charge in [-0.3, -0.25) is 19.3 Å². The van der Waals surface area contributed by atoms with E-state index in [2.05, 4.69) is 27.9 Å². The molecule has 2 saturated carbocycles. The van der Waals surface area contributed by atoms with Crippen LogP contribution in [0.2, 0.25) is 0 Å². The molecule has 1 aromatic carbocycles. The number of rotatable bonds is 6. The van der Waals surface area contributed by atoms with Crippen LogP contribution in [0, 0.1) is 18.8 Å². The molecule has 1 aromatic heterocycles. The Morgan fingerprint density at radius 3 is 2.31 bits per heavy atom. The number of nitrogens with one attached hydrogen (secondary N) is 2. The summed E-state index contributed by atoms with van der Waals surface area (Å²) in [5.41, 5.74) is -0.363. The van der Waals surface area contributed by atoms with Crippen LogP contribution in [0.3, 0.4) is 0 Å². The SMILES string of the molecule is Cc1cc(NC(=O)[C@@H]2[C@@H]3C(=O)N(c4ccc(C5CCCCC5)cc4)[C@@H](C(=O)NC4CCCCC4)[C@@]34C=C[C@@]2(C)O4)no1. The minimum absolute atomic E-state index is 0.0694. The predicted octanol–water partition coefficient (Wildman–Crippen LogP) is 5.16. The average Bonchev–Trinajstić information content (AvgIpc) is 3.70. The average molecular weight is 573 g/mol. The molecule has 2 N–H and O–H groups in total. The smallest absolute Gasteiger partial charge is 0.246 e. The van der Waals surface area contributed by atoms with E-state index >= 15 is 0 Å². The van der Waals surface area contributed by atoms with Gasteiger partial charge in [0.05, 0.1) is 17.4 Å². The molecule has 9 nitrogen and oxygen atoms in total. The molecule has 9 heteroatoms. The van der Waals surface area contributed by atoms with Crippen molar-refractivity contribution in [3.63, 3.8) is 0 Å². The van der Waals surface area contributed by atoms with Crippen LogP contribution in [0.1, 0.15) is 88.4 Å². The molecule has 0 radical (unpaired) electrons. The summed E-state index contributed by atoms with van der Waals surface area (Å²) in [7, 11) is 0. The summed E-state index contributed by atoms with van der Waals surface area (Å²) >= 11 is 0. The molecule has 222 valence electrons. The van der Waals surface area contributed by atoms with Crippen molar-refractivity contribution in [2.24, 2.45) is 11.8 Å². The van der Waals surface area contributed by atoms with Crippen LogP contribution >= 0.6 is 0 Å². The zero-order valence-corrected chi connectivity index (χ0v) is 24.4. The quantitative estimate of drug-likeness (QED) is 0.462. The first-order chi connectivity index (χ1) is 20.3. The minimum atomic E-state index is -1.26. The van der Waals surface area contributed by atoms with Gasteiger partial charge in [-0.1, -0.05) is 68.0 Å². The normalized spacial score (nSPS) is 32.8. The lowest BCUT2D eigenvalue weighted by atomic mass is 9.70. The first-order valence-corrected chi connectivity index (χ1v) is 15.7. The van der Waals surface area contributed by atoms with Gasteiger partial charge in [-0.2, -0.15) is 0 Å². The number of aryl methyl sites for hydroxylation is 1. The van der Waals surface area contributed by atoms with Crippen LogP contribution in [0.4, 0.5) is 11.5 Å². The maximum Gasteiger partial charge on any atom is 0.246 e. The maximum atomic E-state index is 14.5. The third-order valence-corrected chi connectivity index (χ3v) is 10.3. The zero-order chi connectivity index (χ0) is 29.1. The molecule has 5 atom stereocenters. The number of carbonyl (C=O) groups is 3. The van der Waals surface area contributed by atoms with Crippen LogP contribution in [0.25, 0.3) is 0 Å². The summed E-state index contributed by atoms with van der Waals surface area (Å²) in [6, 6.07) is 8.91. The van der Waals surface area contributed by atoms with Gasteiger partial charge in [-0.15, -0.1) is 0 Å². The van der Waals surface area contributed by atoms with Crippen LogP contribution < -0.4 is 15.5 Å². The van der Waals surface area contributed by atoms with Crippen molar-refractivity contribution in [3.05, 3.63) is 53.8 Å². The van der Waals surface area contributed by atoms with Gasteiger partial charge in [0.15, 0.2) is 5.82 Å². The third-order valence-electron chi connectivity index (χ3n) is 10.3. The summed E-state index contributed by atoms with van der Waals surface area (Å²) in [6.07, 6.45) is 15.0. The number of fused-ring (bicyclic) bond motifs is 1. The highest BCUT2D eigenvalue weighted by Gasteiger charge is 2.76. The van der Waals surface area contributed by atoms with Gasteiger partial charge in [0, 0.05) is 17.8 Å². The molecule has 2 aliphatic carbocycles. The number of carbonyl (C=O) groups excluding carboxylic acids is 3. The topological polar surface area (TPSA) is 114 Å². The molecule has 2 aromatic rings. The van der Waals surface area contributed by atoms with Crippen LogP contribution in [-0.4, -0.2) is 46.2 Å². The second-order valence-corrected chi connectivity index (χ2v) is 13.1. The Balaban J connectivity index is 1.24. The molecular formula is C33H40N4O5. The van der Waals surface area contributed by atoms with Crippen LogP contribution in [0.5, 0.6) is 0 Å². The van der Waals surface area contributed by atoms with Gasteiger partial charge in [-0.25, -0.2) is 0 Å². The zero-order valence-electron chi connectivity index (χ0n) is 24.4. The van der Waals surface area contributed by atoms with Crippen molar-refractivity contribution in [1.29, 1.82) is 0 Å². The molecule has 2 saturated heterocycles. The first-order valence-electron chi connectivity index (χ1n) is 15.7. The van der Waals surface area contributed by atoms with Crippen LogP contribution in [-0.2, 0) is 19.1 Å². The van der Waals surface area contributed by atoms with Crippen molar-refractivity contribution in [1.82, 2.24) is 10.5 Å². The highest BCUT2D eigenvalue weighted by molar-refractivity contribution is 6.11. The van der Waals surface area contributed by atoms with Gasteiger partial charge in [0.2, 0.25) is 17.7 Å². The summed E-state index contributed by atoms with van der Waals surface area (Å²) < 4.78 is 11.8. The Morgan fingerprint density at radius 2 is 1.64 bits per heavy atom. The van der Waals surface area contributed by atoms with E-state index in [1.54, 1.807) is 17.9 Å². The van der Waals surface area contributed by atoms with Gasteiger partial charge >= 0.3 is 0 Å². The number of hydrogen-bond donors (Lipinski definition) is 2. The number of ether oxygens (including phenoxy) is 1. The highest BCUT2D eigenvalue weighted by Crippen LogP contribution is 2.60. The van der Waals surface area contributed by atoms with E-state index in [0.717, 1.165) is 25.7 Å². The summed E-state index contributed by atoms with van der Waals surface area (Å²) in [5.74, 6) is -1.20. The van der Waals surface area contributed by atoms with Gasteiger partial charge < -0.3 is 19.9 Å². The second kappa shape index (κ2) is 10.4. The fourth-order valence-electron chi connectivity index (χ4n) is 8.31. The molecule has 4 heterocycles. The number of aromatic nitrogens is 1. The fraction of sp³-hybridized carbons (Fsp3) is 0.576. The monoisotopic (exact) mass is 572 g/mol. The molecule has 4 fully saturated rings. The largest absolute Gasteiger partial charge is 0.360 e. The minimum Gasteiger partial charge on any atom is -0.360 e. The van der Waals surface area contributed by atoms with Gasteiger partial charge in [0.25, 0.3) is 0 Å². The lowest BCUT2D eigenvalue weighted by Gasteiger charge is -2.34. The number of hydrogen-bond acceptors (Lipinski definition) is 6. The number of anilines is 2. The van der Waals surface area contributed by atoms with E-state index in [1.165, 1.54) is 44.1 Å². The second-order valence-electron chi connectivity index (χ2n) is 13.1. The standard InChI is InChI=1S/C33H40N4O5/c1-20-19-25(36-41-20)35-29(38)26-27-31(40)37(24-15-13-22(14-16-24)21-9-5-3-6-10-21)28(33(27)18-17-32(26,2)42-33)30(39)34-23-11-7-4-8-12-23/h13-19,21,23,26-28H,3-12H2,1-2H3,(H,34,39)(H,35,36,38)/t26-,27+,28-,32+,33+/m0/s1. The maximum absolute atomic E-state index is 14.5. The summed E-state index contributed by atoms with van der Waals surface area (Å²) in [4.78, 5) is 44.1. The third kappa shape index (κ3) is 4.39. The van der Waals surface area contributed by atoms with E-state index in [0.29, 0.717) is 17.4 Å². The van der Waals surface area contributed by atoms with Crippen molar-refractivity contribution < 1.29 is 23.6 Å². The molecule has 3 aliphatic heterocycles. The molecule has 3 amide bonds. The van der Waals surface area contributed by atoms with E-state index in [9.17, 15) is 14.4 Å². The Morgan fingerprint density at radius 1 is 0.952 bits per heavy atom. The fourth-order valence-corrected chi connectivity index (χ4v) is 8.31. The van der Waals surface area contributed by atoms with E-state index in [4.69, 9.17) is 9.26 Å². The highest BCUT2D eigenvalue weighted by atomic mass is 16.5. The predicted molar refractivity (Wildman–Crippen MR) is 157 cm³/mol. The Labute approximate surface area is 246 Å². The van der Waals surface area contributed by atoms with Gasteiger partial charge in [-0.05, 0) is 63.1 Å². The van der Waals surface area contributed by atoms with Crippen LogP contribution in [0.15, 0.2) is 47.0 Å². The van der Waals surface area contributed by atoms with Gasteiger partial charge in [0.1, 0.15) is 17.4 Å². The first kappa shape index (κ1) is 27.4. The Kier molecular flexibility index (Phi) is 6.76. The molecule has 0 unspecified atom stereocenters. The Bertz CT molecular complexity index is 1410.